The van der Waals surface area contributed by atoms with Crippen LogP contribution in [0.4, 0.5) is 16.2 Å². The molecule has 2 N–H and O–H groups in total. The topological polar surface area (TPSA) is 85.0 Å². The summed E-state index contributed by atoms with van der Waals surface area (Å²) in [6.45, 7) is 5.11. The Kier molecular flexibility index (Phi) is 4.50. The summed E-state index contributed by atoms with van der Waals surface area (Å²) in [5, 5.41) is 5.48. The molecule has 0 atom stereocenters. The van der Waals surface area contributed by atoms with Gasteiger partial charge in [-0.15, -0.1) is 0 Å². The van der Waals surface area contributed by atoms with E-state index in [2.05, 4.69) is 15.5 Å². The fourth-order valence-electron chi connectivity index (χ4n) is 3.56. The summed E-state index contributed by atoms with van der Waals surface area (Å²) in [5.74, 6) is 0.195. The van der Waals surface area contributed by atoms with Gasteiger partial charge in [0.05, 0.1) is 5.92 Å². The summed E-state index contributed by atoms with van der Waals surface area (Å²) in [4.78, 5) is 41.3. The normalized spacial score (nSPS) is 21.5. The van der Waals surface area contributed by atoms with Crippen molar-refractivity contribution < 1.29 is 14.4 Å². The number of imide groups is 1. The van der Waals surface area contributed by atoms with Gasteiger partial charge >= 0.3 is 6.03 Å². The molecule has 1 aromatic carbocycles. The molecule has 26 heavy (non-hydrogen) atoms. The summed E-state index contributed by atoms with van der Waals surface area (Å²) in [7, 11) is 0. The molecule has 4 amide bonds. The minimum absolute atomic E-state index is 0.156. The maximum Gasteiger partial charge on any atom is 0.328 e. The molecule has 0 unspecified atom stereocenters. The van der Waals surface area contributed by atoms with E-state index in [4.69, 9.17) is 0 Å². The van der Waals surface area contributed by atoms with Crippen LogP contribution in [0, 0.1) is 5.92 Å². The van der Waals surface area contributed by atoms with E-state index in [0.29, 0.717) is 13.0 Å². The first kappa shape index (κ1) is 16.8. The zero-order valence-electron chi connectivity index (χ0n) is 14.6. The molecule has 0 aromatic heterocycles. The number of hydrogen-bond acceptors (Lipinski definition) is 5. The Hall–Kier alpha value is -2.61. The van der Waals surface area contributed by atoms with E-state index in [1.165, 1.54) is 0 Å². The molecular weight excluding hydrogens is 334 g/mol. The van der Waals surface area contributed by atoms with Gasteiger partial charge in [-0.25, -0.2) is 4.79 Å². The standard InChI is InChI=1S/C18H23N5O3/c24-16-5-6-23(18(26)20-16)15-3-1-14(2-4-15)21-7-9-22(10-8-21)17(25)13-11-19-12-13/h1-4,13,19H,5-12H2,(H,20,24,26). The number of nitrogens with zero attached hydrogens (tertiary/aromatic N) is 3. The molecule has 0 saturated carbocycles. The molecule has 3 saturated heterocycles. The number of hydrogen-bond donors (Lipinski definition) is 2. The van der Waals surface area contributed by atoms with Crippen LogP contribution in [0.5, 0.6) is 0 Å². The monoisotopic (exact) mass is 357 g/mol. The van der Waals surface area contributed by atoms with E-state index in [0.717, 1.165) is 50.6 Å². The number of piperazine rings is 1. The van der Waals surface area contributed by atoms with Crippen LogP contribution in [0.3, 0.4) is 0 Å². The Balaban J connectivity index is 1.35. The number of carbonyl (C=O) groups is 3. The molecule has 138 valence electrons. The maximum atomic E-state index is 12.3. The molecule has 0 bridgehead atoms. The van der Waals surface area contributed by atoms with Crippen LogP contribution in [0.2, 0.25) is 0 Å². The van der Waals surface area contributed by atoms with Gasteiger partial charge in [0.2, 0.25) is 11.8 Å². The van der Waals surface area contributed by atoms with E-state index in [-0.39, 0.29) is 23.8 Å². The number of benzene rings is 1. The Morgan fingerprint density at radius 3 is 2.15 bits per heavy atom. The van der Waals surface area contributed by atoms with Crippen LogP contribution < -0.4 is 20.4 Å². The lowest BCUT2D eigenvalue weighted by Gasteiger charge is -2.39. The third-order valence-corrected chi connectivity index (χ3v) is 5.30. The molecule has 3 aliphatic rings. The molecule has 3 heterocycles. The SMILES string of the molecule is O=C1CCN(c2ccc(N3CCN(C(=O)C4CNC4)CC3)cc2)C(=O)N1. The van der Waals surface area contributed by atoms with Gasteiger partial charge < -0.3 is 15.1 Å². The number of anilines is 2. The van der Waals surface area contributed by atoms with Crippen molar-refractivity contribution in [3.8, 4) is 0 Å². The molecular formula is C18H23N5O3. The number of nitrogens with one attached hydrogen (secondary N) is 2. The lowest BCUT2D eigenvalue weighted by molar-refractivity contribution is -0.137. The third-order valence-electron chi connectivity index (χ3n) is 5.30. The lowest BCUT2D eigenvalue weighted by atomic mass is 10.0. The van der Waals surface area contributed by atoms with Gasteiger partial charge in [0.1, 0.15) is 0 Å². The van der Waals surface area contributed by atoms with Gasteiger partial charge in [-0.3, -0.25) is 19.8 Å². The molecule has 3 aliphatic heterocycles. The Morgan fingerprint density at radius 1 is 0.923 bits per heavy atom. The second kappa shape index (κ2) is 6.95. The third kappa shape index (κ3) is 3.24. The highest BCUT2D eigenvalue weighted by Crippen LogP contribution is 2.23. The van der Waals surface area contributed by atoms with Crippen molar-refractivity contribution in [1.29, 1.82) is 0 Å². The van der Waals surface area contributed by atoms with Crippen molar-refractivity contribution in [1.82, 2.24) is 15.5 Å². The van der Waals surface area contributed by atoms with E-state index in [1.807, 2.05) is 29.2 Å². The highest BCUT2D eigenvalue weighted by Gasteiger charge is 2.31. The van der Waals surface area contributed by atoms with Gasteiger partial charge in [-0.2, -0.15) is 0 Å². The first-order valence-electron chi connectivity index (χ1n) is 9.08. The van der Waals surface area contributed by atoms with Crippen LogP contribution >= 0.6 is 0 Å². The van der Waals surface area contributed by atoms with Gasteiger partial charge in [0, 0.05) is 63.6 Å². The molecule has 8 nitrogen and oxygen atoms in total. The Labute approximate surface area is 152 Å². The predicted octanol–water partition coefficient (Wildman–Crippen LogP) is 0.000900. The predicted molar refractivity (Wildman–Crippen MR) is 97.1 cm³/mol. The van der Waals surface area contributed by atoms with Crippen molar-refractivity contribution in [2.75, 3.05) is 55.6 Å². The smallest absolute Gasteiger partial charge is 0.328 e. The van der Waals surface area contributed by atoms with Crippen molar-refractivity contribution in [3.05, 3.63) is 24.3 Å². The van der Waals surface area contributed by atoms with Gasteiger partial charge in [-0.1, -0.05) is 0 Å². The van der Waals surface area contributed by atoms with Crippen LogP contribution in [0.1, 0.15) is 6.42 Å². The zero-order valence-corrected chi connectivity index (χ0v) is 14.6. The Bertz CT molecular complexity index is 708. The summed E-state index contributed by atoms with van der Waals surface area (Å²) in [6.07, 6.45) is 0.319. The molecule has 4 rings (SSSR count). The molecule has 0 radical (unpaired) electrons. The minimum Gasteiger partial charge on any atom is -0.368 e. The average molecular weight is 357 g/mol. The van der Waals surface area contributed by atoms with Crippen LogP contribution in [0.25, 0.3) is 0 Å². The van der Waals surface area contributed by atoms with Crippen molar-refractivity contribution >= 4 is 29.2 Å². The zero-order chi connectivity index (χ0) is 18.1. The van der Waals surface area contributed by atoms with Gasteiger partial charge in [-0.05, 0) is 24.3 Å². The summed E-state index contributed by atoms with van der Waals surface area (Å²) in [6, 6.07) is 7.43. The lowest BCUT2D eigenvalue weighted by Crippen LogP contribution is -2.56. The summed E-state index contributed by atoms with van der Waals surface area (Å²) >= 11 is 0. The van der Waals surface area contributed by atoms with E-state index in [1.54, 1.807) is 4.90 Å². The minimum atomic E-state index is -0.369. The molecule has 0 spiro atoms. The quantitative estimate of drug-likeness (QED) is 0.796. The van der Waals surface area contributed by atoms with E-state index >= 15 is 0 Å². The molecule has 8 heteroatoms. The number of urea groups is 1. The molecule has 0 aliphatic carbocycles. The highest BCUT2D eigenvalue weighted by molar-refractivity contribution is 6.05. The second-order valence-corrected chi connectivity index (χ2v) is 6.94. The van der Waals surface area contributed by atoms with Gasteiger partial charge in [0.15, 0.2) is 0 Å². The molecule has 3 fully saturated rings. The fraction of sp³-hybridized carbons (Fsp3) is 0.500. The molecule has 1 aromatic rings. The largest absolute Gasteiger partial charge is 0.368 e. The van der Waals surface area contributed by atoms with E-state index in [9.17, 15) is 14.4 Å². The van der Waals surface area contributed by atoms with Crippen molar-refractivity contribution in [2.24, 2.45) is 5.92 Å². The van der Waals surface area contributed by atoms with Crippen LogP contribution in [-0.4, -0.2) is 68.6 Å². The Morgan fingerprint density at radius 2 is 1.58 bits per heavy atom. The summed E-state index contributed by atoms with van der Waals surface area (Å²) in [5.41, 5.74) is 1.87. The average Bonchev–Trinajstić information content (AvgIpc) is 2.61. The first-order valence-corrected chi connectivity index (χ1v) is 9.08. The van der Waals surface area contributed by atoms with Crippen molar-refractivity contribution in [2.45, 2.75) is 6.42 Å². The summed E-state index contributed by atoms with van der Waals surface area (Å²) < 4.78 is 0. The number of rotatable bonds is 3. The van der Waals surface area contributed by atoms with Crippen LogP contribution in [-0.2, 0) is 9.59 Å². The number of amides is 4. The number of carbonyl (C=O) groups excluding carboxylic acids is 3. The first-order chi connectivity index (χ1) is 12.6. The maximum absolute atomic E-state index is 12.3. The second-order valence-electron chi connectivity index (χ2n) is 6.94. The highest BCUT2D eigenvalue weighted by atomic mass is 16.2. The fourth-order valence-corrected chi connectivity index (χ4v) is 3.56. The van der Waals surface area contributed by atoms with Crippen LogP contribution in [0.15, 0.2) is 24.3 Å². The van der Waals surface area contributed by atoms with Crippen molar-refractivity contribution in [3.63, 3.8) is 0 Å². The van der Waals surface area contributed by atoms with Gasteiger partial charge in [0.25, 0.3) is 0 Å². The van der Waals surface area contributed by atoms with E-state index < -0.39 is 0 Å².